The molecule has 3 aliphatic heterocycles. The van der Waals surface area contributed by atoms with Gasteiger partial charge in [-0.05, 0) is 100 Å². The summed E-state index contributed by atoms with van der Waals surface area (Å²) in [6.45, 7) is 0.403. The van der Waals surface area contributed by atoms with Crippen molar-refractivity contribution in [2.45, 2.75) is 146 Å². The van der Waals surface area contributed by atoms with Gasteiger partial charge in [0.15, 0.2) is 0 Å². The molecule has 3 N–H and O–H groups in total. The first kappa shape index (κ1) is 36.8. The zero-order chi connectivity index (χ0) is 35.7. The van der Waals surface area contributed by atoms with E-state index in [2.05, 4.69) is 4.90 Å². The van der Waals surface area contributed by atoms with Gasteiger partial charge in [-0.1, -0.05) is 38.5 Å². The van der Waals surface area contributed by atoms with Crippen molar-refractivity contribution in [3.05, 3.63) is 11.3 Å². The molecule has 7 aliphatic rings. The van der Waals surface area contributed by atoms with E-state index in [4.69, 9.17) is 24.7 Å². The number of methoxy groups -OCH3 is 1. The molecule has 0 aromatic rings. The first-order valence-electron chi connectivity index (χ1n) is 20.1. The summed E-state index contributed by atoms with van der Waals surface area (Å²) in [4.78, 5) is 61.9. The maximum atomic E-state index is 15.6. The fourth-order valence-corrected chi connectivity index (χ4v) is 11.8. The van der Waals surface area contributed by atoms with Gasteiger partial charge in [0.05, 0.1) is 37.9 Å². The largest absolute Gasteiger partial charge is 0.459 e. The molecule has 51 heavy (non-hydrogen) atoms. The van der Waals surface area contributed by atoms with Gasteiger partial charge in [-0.3, -0.25) is 19.3 Å². The van der Waals surface area contributed by atoms with Crippen LogP contribution in [0, 0.1) is 29.1 Å². The SMILES string of the molecule is COCCOC(=O)N1C(=O)[C@@]2(C3=C1CCCC3)[C@H](C(N)=O)[C@H]1C(=O)O[C@H](C3CCCCC3)[C@H](C3CCCCC3)N1[C@@H]2C1CCC(OCCO)CC1. The van der Waals surface area contributed by atoms with Crippen LogP contribution in [0.2, 0.25) is 0 Å². The number of ether oxygens (including phenoxy) is 4. The molecule has 3 saturated carbocycles. The topological polar surface area (TPSA) is 158 Å². The number of aliphatic hydroxyl groups excluding tert-OH is 1. The van der Waals surface area contributed by atoms with E-state index in [9.17, 15) is 19.5 Å². The lowest BCUT2D eigenvalue weighted by Gasteiger charge is -2.53. The monoisotopic (exact) mass is 713 g/mol. The van der Waals surface area contributed by atoms with Crippen LogP contribution >= 0.6 is 0 Å². The van der Waals surface area contributed by atoms with Crippen molar-refractivity contribution in [1.82, 2.24) is 9.80 Å². The maximum Gasteiger partial charge on any atom is 0.421 e. The quantitative estimate of drug-likeness (QED) is 0.242. The third-order valence-corrected chi connectivity index (χ3v) is 13.7. The van der Waals surface area contributed by atoms with Crippen LogP contribution < -0.4 is 5.73 Å². The van der Waals surface area contributed by atoms with Crippen molar-refractivity contribution in [3.63, 3.8) is 0 Å². The number of nitrogens with zero attached hydrogens (tertiary/aromatic N) is 2. The molecule has 1 spiro atoms. The number of morpholine rings is 1. The van der Waals surface area contributed by atoms with Crippen molar-refractivity contribution in [2.75, 3.05) is 33.5 Å². The molecule has 0 radical (unpaired) electrons. The molecule has 3 heterocycles. The van der Waals surface area contributed by atoms with E-state index in [-0.39, 0.29) is 62.4 Å². The number of cyclic esters (lactones) is 1. The molecular weight excluding hydrogens is 654 g/mol. The van der Waals surface area contributed by atoms with Crippen LogP contribution in [-0.4, -0.2) is 103 Å². The number of rotatable bonds is 10. The second-order valence-electron chi connectivity index (χ2n) is 16.3. The highest BCUT2D eigenvalue weighted by Gasteiger charge is 2.76. The summed E-state index contributed by atoms with van der Waals surface area (Å²) in [7, 11) is 1.52. The van der Waals surface area contributed by atoms with Gasteiger partial charge in [0.1, 0.15) is 24.2 Å². The van der Waals surface area contributed by atoms with Crippen molar-refractivity contribution >= 4 is 23.9 Å². The Hall–Kier alpha value is -2.54. The average Bonchev–Trinajstić information content (AvgIpc) is 3.61. The van der Waals surface area contributed by atoms with E-state index >= 15 is 4.79 Å². The molecule has 12 nitrogen and oxygen atoms in total. The lowest BCUT2D eigenvalue weighted by atomic mass is 9.60. The molecule has 0 bridgehead atoms. The fraction of sp³-hybridized carbons (Fsp3) is 0.846. The molecule has 4 aliphatic carbocycles. The number of amides is 3. The van der Waals surface area contributed by atoms with Gasteiger partial charge < -0.3 is 29.8 Å². The third kappa shape index (κ3) is 6.43. The Bertz CT molecular complexity index is 1330. The van der Waals surface area contributed by atoms with Crippen LogP contribution in [0.15, 0.2) is 11.3 Å². The Morgan fingerprint density at radius 1 is 0.843 bits per heavy atom. The second-order valence-corrected chi connectivity index (χ2v) is 16.3. The Balaban J connectivity index is 1.39. The Kier molecular flexibility index (Phi) is 11.4. The Labute approximate surface area is 302 Å². The van der Waals surface area contributed by atoms with Crippen LogP contribution in [-0.2, 0) is 33.3 Å². The maximum absolute atomic E-state index is 15.6. The lowest BCUT2D eigenvalue weighted by molar-refractivity contribution is -0.190. The summed E-state index contributed by atoms with van der Waals surface area (Å²) < 4.78 is 23.4. The molecule has 2 saturated heterocycles. The summed E-state index contributed by atoms with van der Waals surface area (Å²) in [6, 6.07) is -1.67. The van der Waals surface area contributed by atoms with Crippen molar-refractivity contribution in [1.29, 1.82) is 0 Å². The molecule has 5 fully saturated rings. The van der Waals surface area contributed by atoms with E-state index in [1.807, 2.05) is 0 Å². The number of hydrogen-bond acceptors (Lipinski definition) is 10. The highest BCUT2D eigenvalue weighted by atomic mass is 16.6. The number of fused-ring (bicyclic) bond motifs is 2. The highest BCUT2D eigenvalue weighted by molar-refractivity contribution is 6.07. The molecule has 0 aromatic carbocycles. The number of esters is 1. The average molecular weight is 714 g/mol. The minimum Gasteiger partial charge on any atom is -0.459 e. The van der Waals surface area contributed by atoms with E-state index in [0.717, 1.165) is 95.5 Å². The third-order valence-electron chi connectivity index (χ3n) is 13.7. The van der Waals surface area contributed by atoms with Gasteiger partial charge in [0.2, 0.25) is 11.8 Å². The van der Waals surface area contributed by atoms with Gasteiger partial charge in [0, 0.05) is 18.8 Å². The van der Waals surface area contributed by atoms with Crippen LogP contribution in [0.3, 0.4) is 0 Å². The number of hydrogen-bond donors (Lipinski definition) is 2. The van der Waals surface area contributed by atoms with Gasteiger partial charge in [0.25, 0.3) is 0 Å². The Morgan fingerprint density at radius 2 is 1.51 bits per heavy atom. The normalized spacial score (nSPS) is 36.7. The number of aliphatic hydroxyl groups is 1. The van der Waals surface area contributed by atoms with E-state index < -0.39 is 47.3 Å². The van der Waals surface area contributed by atoms with Gasteiger partial charge in [-0.15, -0.1) is 0 Å². The molecule has 0 unspecified atom stereocenters. The summed E-state index contributed by atoms with van der Waals surface area (Å²) in [6.07, 6.45) is 15.3. The molecule has 6 atom stereocenters. The van der Waals surface area contributed by atoms with Gasteiger partial charge in [-0.25, -0.2) is 9.69 Å². The van der Waals surface area contributed by atoms with E-state index in [1.165, 1.54) is 24.9 Å². The number of nitrogens with two attached hydrogens (primary N) is 1. The summed E-state index contributed by atoms with van der Waals surface area (Å²) in [5.41, 5.74) is 6.39. The Morgan fingerprint density at radius 3 is 2.16 bits per heavy atom. The first-order chi connectivity index (χ1) is 24.8. The molecule has 3 amide bonds. The van der Waals surface area contributed by atoms with Crippen LogP contribution in [0.25, 0.3) is 0 Å². The minimum absolute atomic E-state index is 0.0108. The number of primary amides is 1. The van der Waals surface area contributed by atoms with Crippen LogP contribution in [0.1, 0.15) is 116 Å². The van der Waals surface area contributed by atoms with Crippen LogP contribution in [0.4, 0.5) is 4.79 Å². The predicted octanol–water partition coefficient (Wildman–Crippen LogP) is 4.60. The van der Waals surface area contributed by atoms with Crippen molar-refractivity contribution in [2.24, 2.45) is 34.8 Å². The fourth-order valence-electron chi connectivity index (χ4n) is 11.8. The number of carbonyl (C=O) groups is 4. The predicted molar refractivity (Wildman–Crippen MR) is 186 cm³/mol. The van der Waals surface area contributed by atoms with E-state index in [1.54, 1.807) is 0 Å². The van der Waals surface area contributed by atoms with Gasteiger partial charge in [-0.2, -0.15) is 0 Å². The zero-order valence-corrected chi connectivity index (χ0v) is 30.4. The van der Waals surface area contributed by atoms with Crippen molar-refractivity contribution in [3.8, 4) is 0 Å². The number of imide groups is 1. The standard InChI is InChI=1S/C39H59N3O9/c1-48-22-23-50-38(47)41-29-15-9-8-14-28(29)39(37(41)46)30(35(40)44)32-36(45)51-33(25-12-6-3-7-13-25)31(24-10-4-2-5-11-24)42(32)34(39)26-16-18-27(19-17-26)49-21-20-43/h24-27,30-34,43H,2-23H2,1H3,(H2,40,44)/t26?,27?,30-,31-,32-,33+,34+,39-/m0/s1. The van der Waals surface area contributed by atoms with Crippen molar-refractivity contribution < 1.29 is 43.2 Å². The lowest BCUT2D eigenvalue weighted by Crippen LogP contribution is -2.66. The smallest absolute Gasteiger partial charge is 0.421 e. The van der Waals surface area contributed by atoms with E-state index in [0.29, 0.717) is 18.5 Å². The molecule has 7 rings (SSSR count). The second kappa shape index (κ2) is 15.8. The minimum atomic E-state index is -1.48. The highest BCUT2D eigenvalue weighted by Crippen LogP contribution is 2.64. The summed E-state index contributed by atoms with van der Waals surface area (Å²) in [5, 5.41) is 9.45. The number of carbonyl (C=O) groups excluding carboxylic acids is 4. The molecule has 0 aromatic heterocycles. The zero-order valence-electron chi connectivity index (χ0n) is 30.4. The first-order valence-corrected chi connectivity index (χ1v) is 20.1. The van der Waals surface area contributed by atoms with Gasteiger partial charge >= 0.3 is 12.1 Å². The molecular formula is C39H59N3O9. The van der Waals surface area contributed by atoms with Crippen LogP contribution in [0.5, 0.6) is 0 Å². The summed E-state index contributed by atoms with van der Waals surface area (Å²) >= 11 is 0. The molecule has 284 valence electrons. The molecule has 12 heteroatoms. The summed E-state index contributed by atoms with van der Waals surface area (Å²) in [5.74, 6) is -2.37. The number of allylic oxidation sites excluding steroid dienone is 1.